The summed E-state index contributed by atoms with van der Waals surface area (Å²) >= 11 is 4.77. The van der Waals surface area contributed by atoms with Crippen LogP contribution in [0.5, 0.6) is 0 Å². The Morgan fingerprint density at radius 2 is 1.52 bits per heavy atom. The molecule has 3 nitrogen and oxygen atoms in total. The van der Waals surface area contributed by atoms with E-state index in [-0.39, 0.29) is 10.6 Å². The lowest BCUT2D eigenvalue weighted by atomic mass is 10.1. The zero-order chi connectivity index (χ0) is 15.6. The maximum Gasteiger partial charge on any atom is 0.255 e. The molecule has 21 heavy (non-hydrogen) atoms. The van der Waals surface area contributed by atoms with Crippen LogP contribution in [-0.2, 0) is 0 Å². The third-order valence-corrected chi connectivity index (χ3v) is 2.95. The fraction of sp³-hybridized carbons (Fsp3) is 0. The van der Waals surface area contributed by atoms with Gasteiger partial charge in [-0.1, -0.05) is 24.4 Å². The van der Waals surface area contributed by atoms with E-state index in [4.69, 9.17) is 18.0 Å². The number of amides is 1. The summed E-state index contributed by atoms with van der Waals surface area (Å²) in [6, 6.07) is 7.58. The van der Waals surface area contributed by atoms with Gasteiger partial charge in [0.15, 0.2) is 17.5 Å². The van der Waals surface area contributed by atoms with E-state index in [2.05, 4.69) is 5.32 Å². The first kappa shape index (κ1) is 15.0. The Morgan fingerprint density at radius 1 is 0.952 bits per heavy atom. The van der Waals surface area contributed by atoms with Gasteiger partial charge in [0.2, 0.25) is 0 Å². The van der Waals surface area contributed by atoms with Crippen LogP contribution in [0.4, 0.5) is 18.9 Å². The highest BCUT2D eigenvalue weighted by Crippen LogP contribution is 2.20. The van der Waals surface area contributed by atoms with Crippen LogP contribution in [0.25, 0.3) is 0 Å². The molecule has 0 spiro atoms. The van der Waals surface area contributed by atoms with Crippen LogP contribution in [0.2, 0.25) is 0 Å². The number of hydrogen-bond acceptors (Lipinski definition) is 2. The molecule has 0 saturated heterocycles. The van der Waals surface area contributed by atoms with Gasteiger partial charge in [0.05, 0.1) is 5.69 Å². The maximum atomic E-state index is 13.4. The first-order chi connectivity index (χ1) is 9.90. The number of carbonyl (C=O) groups is 1. The third kappa shape index (κ3) is 3.19. The van der Waals surface area contributed by atoms with Crippen molar-refractivity contribution in [2.75, 3.05) is 5.32 Å². The van der Waals surface area contributed by atoms with E-state index >= 15 is 0 Å². The van der Waals surface area contributed by atoms with Crippen molar-refractivity contribution in [2.45, 2.75) is 0 Å². The maximum absolute atomic E-state index is 13.4. The average molecular weight is 310 g/mol. The molecule has 2 rings (SSSR count). The van der Waals surface area contributed by atoms with E-state index in [0.717, 1.165) is 12.1 Å². The van der Waals surface area contributed by atoms with E-state index in [9.17, 15) is 18.0 Å². The monoisotopic (exact) mass is 310 g/mol. The number of rotatable bonds is 3. The predicted octanol–water partition coefficient (Wildman–Crippen LogP) is 2.99. The number of hydrogen-bond donors (Lipinski definition) is 2. The molecule has 0 aliphatic rings. The minimum atomic E-state index is -1.64. The standard InChI is InChI=1S/C14H9F3N2OS/c15-9-5-6-10(12(17)11(9)16)19-14(20)8-3-1-7(2-4-8)13(18)21/h1-6H,(H2,18,21)(H,19,20). The summed E-state index contributed by atoms with van der Waals surface area (Å²) in [4.78, 5) is 12.1. The predicted molar refractivity (Wildman–Crippen MR) is 76.6 cm³/mol. The Bertz CT molecular complexity index is 717. The zero-order valence-corrected chi connectivity index (χ0v) is 11.3. The van der Waals surface area contributed by atoms with E-state index in [1.54, 1.807) is 0 Å². The SMILES string of the molecule is NC(=S)c1ccc(C(=O)Nc2ccc(F)c(F)c2F)cc1. The zero-order valence-electron chi connectivity index (χ0n) is 10.5. The van der Waals surface area contributed by atoms with Crippen molar-refractivity contribution < 1.29 is 18.0 Å². The second-order valence-corrected chi connectivity index (χ2v) is 4.56. The van der Waals surface area contributed by atoms with E-state index in [1.165, 1.54) is 24.3 Å². The molecule has 0 fully saturated rings. The molecule has 0 radical (unpaired) electrons. The van der Waals surface area contributed by atoms with Crippen molar-refractivity contribution in [2.24, 2.45) is 5.73 Å². The number of anilines is 1. The van der Waals surface area contributed by atoms with Gasteiger partial charge in [-0.3, -0.25) is 4.79 Å². The quantitative estimate of drug-likeness (QED) is 0.677. The van der Waals surface area contributed by atoms with Crippen LogP contribution < -0.4 is 11.1 Å². The van der Waals surface area contributed by atoms with Gasteiger partial charge in [0.25, 0.3) is 5.91 Å². The molecule has 7 heteroatoms. The highest BCUT2D eigenvalue weighted by atomic mass is 32.1. The Morgan fingerprint density at radius 3 is 2.10 bits per heavy atom. The lowest BCUT2D eigenvalue weighted by Crippen LogP contribution is -2.15. The molecular formula is C14H9F3N2OS. The number of benzene rings is 2. The minimum absolute atomic E-state index is 0.175. The summed E-state index contributed by atoms with van der Waals surface area (Å²) in [5.41, 5.74) is 5.73. The molecule has 0 atom stereocenters. The second kappa shape index (κ2) is 5.92. The molecule has 2 aromatic carbocycles. The van der Waals surface area contributed by atoms with Gasteiger partial charge in [-0.25, -0.2) is 13.2 Å². The molecule has 0 bridgehead atoms. The Kier molecular flexibility index (Phi) is 4.23. The smallest absolute Gasteiger partial charge is 0.255 e. The molecule has 0 heterocycles. The summed E-state index contributed by atoms with van der Waals surface area (Å²) in [7, 11) is 0. The van der Waals surface area contributed by atoms with Crippen LogP contribution in [-0.4, -0.2) is 10.9 Å². The highest BCUT2D eigenvalue weighted by Gasteiger charge is 2.16. The highest BCUT2D eigenvalue weighted by molar-refractivity contribution is 7.80. The topological polar surface area (TPSA) is 55.1 Å². The van der Waals surface area contributed by atoms with Crippen molar-refractivity contribution >= 4 is 28.8 Å². The molecule has 2 aromatic rings. The normalized spacial score (nSPS) is 10.2. The van der Waals surface area contributed by atoms with E-state index in [1.807, 2.05) is 0 Å². The lowest BCUT2D eigenvalue weighted by molar-refractivity contribution is 0.102. The first-order valence-electron chi connectivity index (χ1n) is 5.75. The van der Waals surface area contributed by atoms with Crippen LogP contribution in [0.3, 0.4) is 0 Å². The Hall–Kier alpha value is -2.41. The Balaban J connectivity index is 2.22. The molecule has 0 aliphatic carbocycles. The van der Waals surface area contributed by atoms with Crippen LogP contribution in [0.1, 0.15) is 15.9 Å². The van der Waals surface area contributed by atoms with Crippen LogP contribution in [0.15, 0.2) is 36.4 Å². The average Bonchev–Trinajstić information content (AvgIpc) is 2.48. The summed E-state index contributed by atoms with van der Waals surface area (Å²) < 4.78 is 39.3. The summed E-state index contributed by atoms with van der Waals surface area (Å²) in [6.45, 7) is 0. The number of nitrogens with one attached hydrogen (secondary N) is 1. The largest absolute Gasteiger partial charge is 0.389 e. The first-order valence-corrected chi connectivity index (χ1v) is 6.15. The van der Waals surface area contributed by atoms with Gasteiger partial charge in [0, 0.05) is 11.1 Å². The number of thiocarbonyl (C=S) groups is 1. The Labute approximate surface area is 123 Å². The summed E-state index contributed by atoms with van der Waals surface area (Å²) in [5, 5.41) is 2.16. The molecular weight excluding hydrogens is 301 g/mol. The van der Waals surface area contributed by atoms with Gasteiger partial charge in [-0.15, -0.1) is 0 Å². The minimum Gasteiger partial charge on any atom is -0.389 e. The molecule has 0 aliphatic heterocycles. The van der Waals surface area contributed by atoms with Crippen molar-refractivity contribution in [1.29, 1.82) is 0 Å². The third-order valence-electron chi connectivity index (χ3n) is 2.71. The number of nitrogens with two attached hydrogens (primary N) is 1. The van der Waals surface area contributed by atoms with Crippen molar-refractivity contribution in [3.05, 3.63) is 65.0 Å². The van der Waals surface area contributed by atoms with Crippen LogP contribution in [0, 0.1) is 17.5 Å². The fourth-order valence-corrected chi connectivity index (χ4v) is 1.74. The number of carbonyl (C=O) groups excluding carboxylic acids is 1. The van der Waals surface area contributed by atoms with Crippen molar-refractivity contribution in [3.8, 4) is 0 Å². The van der Waals surface area contributed by atoms with Gasteiger partial charge >= 0.3 is 0 Å². The second-order valence-electron chi connectivity index (χ2n) is 4.12. The summed E-state index contributed by atoms with van der Waals surface area (Å²) in [6.07, 6.45) is 0. The van der Waals surface area contributed by atoms with Gasteiger partial charge in [-0.05, 0) is 24.3 Å². The van der Waals surface area contributed by atoms with Crippen LogP contribution >= 0.6 is 12.2 Å². The van der Waals surface area contributed by atoms with Gasteiger partial charge in [0.1, 0.15) is 4.99 Å². The molecule has 108 valence electrons. The molecule has 0 saturated carbocycles. The molecule has 0 unspecified atom stereocenters. The van der Waals surface area contributed by atoms with E-state index < -0.39 is 29.0 Å². The lowest BCUT2D eigenvalue weighted by Gasteiger charge is -2.08. The van der Waals surface area contributed by atoms with Crippen molar-refractivity contribution in [1.82, 2.24) is 0 Å². The van der Waals surface area contributed by atoms with Gasteiger partial charge in [-0.2, -0.15) is 0 Å². The summed E-state index contributed by atoms with van der Waals surface area (Å²) in [5.74, 6) is -5.10. The molecule has 3 N–H and O–H groups in total. The molecule has 1 amide bonds. The number of halogens is 3. The molecule has 0 aromatic heterocycles. The fourth-order valence-electron chi connectivity index (χ4n) is 1.60. The van der Waals surface area contributed by atoms with Gasteiger partial charge < -0.3 is 11.1 Å². The van der Waals surface area contributed by atoms with E-state index in [0.29, 0.717) is 5.56 Å². The van der Waals surface area contributed by atoms with Crippen molar-refractivity contribution in [3.63, 3.8) is 0 Å².